The predicted octanol–water partition coefficient (Wildman–Crippen LogP) is 4.31. The lowest BCUT2D eigenvalue weighted by Gasteiger charge is -2.18. The molecule has 1 saturated carbocycles. The highest BCUT2D eigenvalue weighted by molar-refractivity contribution is 6.36. The van der Waals surface area contributed by atoms with Crippen LogP contribution in [0.25, 0.3) is 0 Å². The molecule has 0 spiro atoms. The molecule has 0 heterocycles. The van der Waals surface area contributed by atoms with Crippen LogP contribution >= 0.6 is 0 Å². The van der Waals surface area contributed by atoms with Gasteiger partial charge in [-0.25, -0.2) is 4.79 Å². The molecular weight excluding hydrogens is 410 g/mol. The first-order valence-corrected chi connectivity index (χ1v) is 11.0. The number of carboxylic acids is 1. The Morgan fingerprint density at radius 2 is 1.94 bits per heavy atom. The van der Waals surface area contributed by atoms with Crippen molar-refractivity contribution in [3.63, 3.8) is 0 Å². The highest BCUT2D eigenvalue weighted by Gasteiger charge is 2.25. The number of amides is 1. The maximum Gasteiger partial charge on any atom is 0.394 e. The topological polar surface area (TPSA) is 113 Å². The van der Waals surface area contributed by atoms with Crippen LogP contribution < -0.4 is 10.1 Å². The van der Waals surface area contributed by atoms with Gasteiger partial charge in [0.2, 0.25) is 0 Å². The van der Waals surface area contributed by atoms with Crippen LogP contribution in [0.5, 0.6) is 17.2 Å². The fourth-order valence-electron chi connectivity index (χ4n) is 4.77. The quantitative estimate of drug-likeness (QED) is 0.581. The molecule has 7 nitrogen and oxygen atoms in total. The third kappa shape index (κ3) is 4.61. The molecule has 0 aliphatic heterocycles. The SMILES string of the molecule is Cc1cc(NC(=O)C(=O)O)c2c(c1Oc1ccc(O)c(CCC3CCC(=O)C3)c1)CCC2. The summed E-state index contributed by atoms with van der Waals surface area (Å²) in [6.45, 7) is 1.86. The molecule has 1 fully saturated rings. The van der Waals surface area contributed by atoms with Gasteiger partial charge in [-0.2, -0.15) is 0 Å². The van der Waals surface area contributed by atoms with Crippen molar-refractivity contribution in [1.82, 2.24) is 0 Å². The van der Waals surface area contributed by atoms with E-state index in [-0.39, 0.29) is 5.75 Å². The molecule has 2 aliphatic rings. The lowest BCUT2D eigenvalue weighted by atomic mass is 9.97. The molecule has 3 N–H and O–H groups in total. The monoisotopic (exact) mass is 437 g/mol. The summed E-state index contributed by atoms with van der Waals surface area (Å²) < 4.78 is 6.25. The third-order valence-corrected chi connectivity index (χ3v) is 6.42. The second-order valence-electron chi connectivity index (χ2n) is 8.72. The minimum absolute atomic E-state index is 0.218. The molecule has 0 bridgehead atoms. The Bertz CT molecular complexity index is 1090. The van der Waals surface area contributed by atoms with Crippen LogP contribution in [0.2, 0.25) is 0 Å². The van der Waals surface area contributed by atoms with Gasteiger partial charge in [-0.3, -0.25) is 9.59 Å². The number of benzene rings is 2. The lowest BCUT2D eigenvalue weighted by Crippen LogP contribution is -2.22. The number of hydrogen-bond donors (Lipinski definition) is 3. The van der Waals surface area contributed by atoms with E-state index < -0.39 is 11.9 Å². The fourth-order valence-corrected chi connectivity index (χ4v) is 4.77. The second-order valence-corrected chi connectivity index (χ2v) is 8.72. The minimum atomic E-state index is -1.52. The van der Waals surface area contributed by atoms with Crippen molar-refractivity contribution in [1.29, 1.82) is 0 Å². The summed E-state index contributed by atoms with van der Waals surface area (Å²) >= 11 is 0. The zero-order valence-electron chi connectivity index (χ0n) is 18.1. The van der Waals surface area contributed by atoms with E-state index >= 15 is 0 Å². The number of anilines is 1. The van der Waals surface area contributed by atoms with Gasteiger partial charge in [0.05, 0.1) is 0 Å². The smallest absolute Gasteiger partial charge is 0.394 e. The van der Waals surface area contributed by atoms with E-state index in [9.17, 15) is 19.5 Å². The average Bonchev–Trinajstić information content (AvgIpc) is 3.40. The van der Waals surface area contributed by atoms with E-state index in [0.29, 0.717) is 48.2 Å². The summed E-state index contributed by atoms with van der Waals surface area (Å²) in [4.78, 5) is 34.1. The zero-order valence-corrected chi connectivity index (χ0v) is 18.1. The van der Waals surface area contributed by atoms with E-state index in [2.05, 4.69) is 5.32 Å². The molecule has 1 unspecified atom stereocenters. The number of nitrogens with one attached hydrogen (secondary N) is 1. The van der Waals surface area contributed by atoms with Gasteiger partial charge in [0.1, 0.15) is 23.0 Å². The zero-order chi connectivity index (χ0) is 22.8. The van der Waals surface area contributed by atoms with E-state index in [1.165, 1.54) is 0 Å². The van der Waals surface area contributed by atoms with Crippen LogP contribution in [0.4, 0.5) is 5.69 Å². The third-order valence-electron chi connectivity index (χ3n) is 6.42. The molecule has 0 aromatic heterocycles. The molecule has 168 valence electrons. The summed E-state index contributed by atoms with van der Waals surface area (Å²) in [6, 6.07) is 6.94. The largest absolute Gasteiger partial charge is 0.508 e. The Labute approximate surface area is 186 Å². The molecule has 2 aliphatic carbocycles. The number of aryl methyl sites for hydroxylation is 2. The first-order chi connectivity index (χ1) is 15.3. The fraction of sp³-hybridized carbons (Fsp3) is 0.400. The average molecular weight is 437 g/mol. The molecule has 4 rings (SSSR count). The molecule has 32 heavy (non-hydrogen) atoms. The Hall–Kier alpha value is -3.35. The van der Waals surface area contributed by atoms with Gasteiger partial charge in [0, 0.05) is 24.1 Å². The summed E-state index contributed by atoms with van der Waals surface area (Å²) in [5.41, 5.74) is 3.99. The number of aromatic hydroxyl groups is 1. The van der Waals surface area contributed by atoms with Crippen LogP contribution in [0, 0.1) is 12.8 Å². The van der Waals surface area contributed by atoms with Gasteiger partial charge >= 0.3 is 11.9 Å². The number of carbonyl (C=O) groups is 3. The van der Waals surface area contributed by atoms with Crippen LogP contribution in [0.1, 0.15) is 54.4 Å². The number of phenolic OH excluding ortho intramolecular Hbond substituents is 1. The summed E-state index contributed by atoms with van der Waals surface area (Å²) in [6.07, 6.45) is 6.16. The number of aliphatic carboxylic acids is 1. The normalized spacial score (nSPS) is 17.3. The molecular formula is C25H27NO6. The Morgan fingerprint density at radius 1 is 1.16 bits per heavy atom. The van der Waals surface area contributed by atoms with Crippen molar-refractivity contribution in [2.75, 3.05) is 5.32 Å². The van der Waals surface area contributed by atoms with Crippen LogP contribution in [-0.4, -0.2) is 27.9 Å². The molecule has 1 amide bonds. The van der Waals surface area contributed by atoms with E-state index in [0.717, 1.165) is 54.4 Å². The van der Waals surface area contributed by atoms with Crippen molar-refractivity contribution in [3.05, 3.63) is 46.5 Å². The minimum Gasteiger partial charge on any atom is -0.508 e. The number of carboxylic acid groups (broad SMARTS) is 1. The number of phenols is 1. The lowest BCUT2D eigenvalue weighted by molar-refractivity contribution is -0.147. The summed E-state index contributed by atoms with van der Waals surface area (Å²) in [5.74, 6) is -0.333. The van der Waals surface area contributed by atoms with Gasteiger partial charge in [0.25, 0.3) is 0 Å². The molecule has 7 heteroatoms. The van der Waals surface area contributed by atoms with Gasteiger partial charge in [-0.1, -0.05) is 0 Å². The number of ether oxygens (including phenoxy) is 1. The van der Waals surface area contributed by atoms with Crippen LogP contribution in [0.3, 0.4) is 0 Å². The van der Waals surface area contributed by atoms with Gasteiger partial charge in [-0.15, -0.1) is 0 Å². The Balaban J connectivity index is 1.55. The Morgan fingerprint density at radius 3 is 2.66 bits per heavy atom. The molecule has 2 aromatic rings. The van der Waals surface area contributed by atoms with Crippen molar-refractivity contribution in [2.45, 2.75) is 58.3 Å². The highest BCUT2D eigenvalue weighted by atomic mass is 16.5. The molecule has 0 saturated heterocycles. The molecule has 1 atom stereocenters. The standard InChI is InChI=1S/C25H27NO6/c1-14-11-21(26-24(29)25(30)31)19-3-2-4-20(19)23(14)32-18-9-10-22(28)16(13-18)7-5-15-6-8-17(27)12-15/h9-11,13,15,28H,2-8,12H2,1H3,(H,26,29)(H,30,31). The maximum absolute atomic E-state index is 11.7. The van der Waals surface area contributed by atoms with Crippen molar-refractivity contribution in [2.24, 2.45) is 5.92 Å². The number of fused-ring (bicyclic) bond motifs is 1. The number of hydrogen-bond acceptors (Lipinski definition) is 5. The summed E-state index contributed by atoms with van der Waals surface area (Å²) in [5, 5.41) is 21.7. The van der Waals surface area contributed by atoms with Crippen LogP contribution in [-0.2, 0) is 33.6 Å². The maximum atomic E-state index is 11.7. The second kappa shape index (κ2) is 9.02. The molecule has 2 aromatic carbocycles. The number of carbonyl (C=O) groups excluding carboxylic acids is 2. The van der Waals surface area contributed by atoms with Gasteiger partial charge < -0.3 is 20.3 Å². The van der Waals surface area contributed by atoms with E-state index in [4.69, 9.17) is 9.84 Å². The summed E-state index contributed by atoms with van der Waals surface area (Å²) in [7, 11) is 0. The number of ketones is 1. The first-order valence-electron chi connectivity index (χ1n) is 11.0. The Kier molecular flexibility index (Phi) is 6.17. The van der Waals surface area contributed by atoms with E-state index in [1.54, 1.807) is 18.2 Å². The van der Waals surface area contributed by atoms with Crippen molar-refractivity contribution >= 4 is 23.3 Å². The van der Waals surface area contributed by atoms with Gasteiger partial charge in [-0.05, 0) is 92.3 Å². The van der Waals surface area contributed by atoms with E-state index in [1.807, 2.05) is 13.0 Å². The highest BCUT2D eigenvalue weighted by Crippen LogP contribution is 2.41. The van der Waals surface area contributed by atoms with Crippen molar-refractivity contribution < 1.29 is 29.3 Å². The predicted molar refractivity (Wildman–Crippen MR) is 118 cm³/mol. The number of rotatable bonds is 6. The molecule has 0 radical (unpaired) electrons. The van der Waals surface area contributed by atoms with Gasteiger partial charge in [0.15, 0.2) is 0 Å². The first kappa shape index (κ1) is 21.9. The van der Waals surface area contributed by atoms with Crippen LogP contribution in [0.15, 0.2) is 24.3 Å². The number of Topliss-reactive ketones (excluding diaryl/α,β-unsaturated/α-hetero) is 1. The van der Waals surface area contributed by atoms with Crippen molar-refractivity contribution in [3.8, 4) is 17.2 Å².